The maximum Gasteiger partial charge on any atom is 0.305 e. The van der Waals surface area contributed by atoms with Crippen LogP contribution in [0.5, 0.6) is 5.75 Å². The first-order valence-electron chi connectivity index (χ1n) is 12.9. The van der Waals surface area contributed by atoms with E-state index in [0.717, 1.165) is 16.2 Å². The first kappa shape index (κ1) is 33.0. The number of para-hydroxylation sites is 2. The standard InChI is InChI=1S/C27H35N5O8S2/c1-18(15-32-22-8-6-5-7-21(22)29-27(32)41-12-11-39-4)40-23-13-19(28-25(34)16-31(2)3)9-10-24(23)42(37,38)30-20(17-33)14-26(35)36/h5-10,13,17-18,20,30H,11-12,14-16H2,1-4H3,(H,28,34)(H,35,36)/t18-,20?/m1/s1. The molecule has 1 amide bonds. The van der Waals surface area contributed by atoms with E-state index in [1.165, 1.54) is 30.0 Å². The van der Waals surface area contributed by atoms with Crippen LogP contribution in [0.2, 0.25) is 0 Å². The van der Waals surface area contributed by atoms with Crippen molar-refractivity contribution in [2.24, 2.45) is 0 Å². The van der Waals surface area contributed by atoms with Crippen molar-refractivity contribution in [1.29, 1.82) is 0 Å². The van der Waals surface area contributed by atoms with Crippen LogP contribution in [-0.2, 0) is 35.7 Å². The van der Waals surface area contributed by atoms with Gasteiger partial charge in [-0.05, 0) is 45.3 Å². The normalized spacial score (nSPS) is 13.2. The number of methoxy groups -OCH3 is 1. The summed E-state index contributed by atoms with van der Waals surface area (Å²) < 4.78 is 42.0. The van der Waals surface area contributed by atoms with Crippen LogP contribution in [0.4, 0.5) is 5.69 Å². The summed E-state index contributed by atoms with van der Waals surface area (Å²) in [7, 11) is 0.687. The van der Waals surface area contributed by atoms with Crippen LogP contribution in [0, 0.1) is 0 Å². The number of benzene rings is 2. The minimum atomic E-state index is -4.41. The summed E-state index contributed by atoms with van der Waals surface area (Å²) in [6, 6.07) is 10.1. The molecule has 3 N–H and O–H groups in total. The molecule has 42 heavy (non-hydrogen) atoms. The molecule has 1 heterocycles. The number of carboxylic acid groups (broad SMARTS) is 1. The number of carboxylic acids is 1. The van der Waals surface area contributed by atoms with Crippen LogP contribution in [0.3, 0.4) is 0 Å². The van der Waals surface area contributed by atoms with Gasteiger partial charge in [-0.15, -0.1) is 0 Å². The number of carbonyl (C=O) groups is 3. The molecule has 15 heteroatoms. The smallest absolute Gasteiger partial charge is 0.305 e. The number of thioether (sulfide) groups is 1. The third kappa shape index (κ3) is 9.25. The van der Waals surface area contributed by atoms with Gasteiger partial charge in [0.15, 0.2) is 5.16 Å². The highest BCUT2D eigenvalue weighted by Crippen LogP contribution is 2.30. The summed E-state index contributed by atoms with van der Waals surface area (Å²) in [5, 5.41) is 12.5. The van der Waals surface area contributed by atoms with Crippen molar-refractivity contribution in [2.75, 3.05) is 45.4 Å². The highest BCUT2D eigenvalue weighted by molar-refractivity contribution is 7.99. The molecule has 0 saturated carbocycles. The lowest BCUT2D eigenvalue weighted by atomic mass is 10.2. The Bertz CT molecular complexity index is 1510. The lowest BCUT2D eigenvalue weighted by Gasteiger charge is -2.21. The molecule has 3 rings (SSSR count). The molecule has 0 fully saturated rings. The van der Waals surface area contributed by atoms with Crippen LogP contribution in [0.15, 0.2) is 52.5 Å². The minimum Gasteiger partial charge on any atom is -0.487 e. The van der Waals surface area contributed by atoms with Crippen molar-refractivity contribution < 1.29 is 37.4 Å². The maximum atomic E-state index is 13.3. The molecule has 0 radical (unpaired) electrons. The molecule has 3 aromatic rings. The summed E-state index contributed by atoms with van der Waals surface area (Å²) in [5.41, 5.74) is 1.96. The van der Waals surface area contributed by atoms with Gasteiger partial charge in [-0.3, -0.25) is 9.59 Å². The van der Waals surface area contributed by atoms with E-state index in [-0.39, 0.29) is 29.4 Å². The number of anilines is 1. The maximum absolute atomic E-state index is 13.3. The lowest BCUT2D eigenvalue weighted by molar-refractivity contribution is -0.138. The number of nitrogens with one attached hydrogen (secondary N) is 2. The fraction of sp³-hybridized carbons (Fsp3) is 0.407. The largest absolute Gasteiger partial charge is 0.487 e. The molecule has 2 atom stereocenters. The summed E-state index contributed by atoms with van der Waals surface area (Å²) in [5.74, 6) is -1.08. The van der Waals surface area contributed by atoms with Gasteiger partial charge in [0.1, 0.15) is 23.0 Å². The number of nitrogens with zero attached hydrogens (tertiary/aromatic N) is 3. The van der Waals surface area contributed by atoms with E-state index in [4.69, 9.17) is 19.6 Å². The van der Waals surface area contributed by atoms with Crippen molar-refractivity contribution >= 4 is 56.7 Å². The summed E-state index contributed by atoms with van der Waals surface area (Å²) in [6.45, 7) is 2.69. The molecule has 2 aromatic carbocycles. The predicted molar refractivity (Wildman–Crippen MR) is 158 cm³/mol. The summed E-state index contributed by atoms with van der Waals surface area (Å²) in [4.78, 5) is 40.9. The van der Waals surface area contributed by atoms with Gasteiger partial charge in [0, 0.05) is 24.6 Å². The molecule has 1 unspecified atom stereocenters. The average Bonchev–Trinajstić information content (AvgIpc) is 3.24. The third-order valence-corrected chi connectivity index (χ3v) is 8.22. The Labute approximate surface area is 248 Å². The van der Waals surface area contributed by atoms with Crippen LogP contribution >= 0.6 is 11.8 Å². The Morgan fingerprint density at radius 1 is 1.21 bits per heavy atom. The van der Waals surface area contributed by atoms with E-state index in [2.05, 4.69) is 10.0 Å². The molecule has 0 aliphatic carbocycles. The molecule has 0 spiro atoms. The second-order valence-electron chi connectivity index (χ2n) is 9.67. The topological polar surface area (TPSA) is 169 Å². The second kappa shape index (κ2) is 15.1. The van der Waals surface area contributed by atoms with Gasteiger partial charge in [-0.25, -0.2) is 18.1 Å². The van der Waals surface area contributed by atoms with E-state index in [0.29, 0.717) is 24.6 Å². The van der Waals surface area contributed by atoms with Crippen LogP contribution in [0.25, 0.3) is 11.0 Å². The van der Waals surface area contributed by atoms with Gasteiger partial charge >= 0.3 is 5.97 Å². The number of aldehydes is 1. The quantitative estimate of drug-likeness (QED) is 0.115. The van der Waals surface area contributed by atoms with E-state index in [1.807, 2.05) is 28.8 Å². The van der Waals surface area contributed by atoms with Crippen molar-refractivity contribution in [2.45, 2.75) is 42.1 Å². The van der Waals surface area contributed by atoms with Crippen LogP contribution < -0.4 is 14.8 Å². The Hall–Kier alpha value is -3.50. The van der Waals surface area contributed by atoms with Crippen LogP contribution in [-0.4, -0.2) is 98.4 Å². The van der Waals surface area contributed by atoms with Gasteiger partial charge in [-0.2, -0.15) is 0 Å². The van der Waals surface area contributed by atoms with Gasteiger partial charge in [0.25, 0.3) is 0 Å². The molecule has 1 aromatic heterocycles. The van der Waals surface area contributed by atoms with Gasteiger partial charge in [0.05, 0.1) is 43.2 Å². The van der Waals surface area contributed by atoms with E-state index in [9.17, 15) is 22.8 Å². The fourth-order valence-electron chi connectivity index (χ4n) is 4.02. The highest BCUT2D eigenvalue weighted by atomic mass is 32.2. The predicted octanol–water partition coefficient (Wildman–Crippen LogP) is 2.06. The Balaban J connectivity index is 1.95. The number of hydrogen-bond donors (Lipinski definition) is 3. The second-order valence-corrected chi connectivity index (χ2v) is 12.4. The molecule has 0 bridgehead atoms. The van der Waals surface area contributed by atoms with Gasteiger partial charge in [0.2, 0.25) is 15.9 Å². The zero-order valence-corrected chi connectivity index (χ0v) is 25.4. The van der Waals surface area contributed by atoms with E-state index < -0.39 is 34.6 Å². The third-order valence-electron chi connectivity index (χ3n) is 5.75. The zero-order valence-electron chi connectivity index (χ0n) is 23.8. The first-order valence-corrected chi connectivity index (χ1v) is 15.4. The molecule has 0 saturated heterocycles. The van der Waals surface area contributed by atoms with Gasteiger partial charge in [-0.1, -0.05) is 23.9 Å². The van der Waals surface area contributed by atoms with Crippen molar-refractivity contribution in [3.05, 3.63) is 42.5 Å². The molecule has 13 nitrogen and oxygen atoms in total. The zero-order chi connectivity index (χ0) is 30.9. The fourth-order valence-corrected chi connectivity index (χ4v) is 6.23. The number of rotatable bonds is 17. The summed E-state index contributed by atoms with van der Waals surface area (Å²) >= 11 is 1.51. The van der Waals surface area contributed by atoms with Crippen molar-refractivity contribution in [3.63, 3.8) is 0 Å². The number of fused-ring (bicyclic) bond motifs is 1. The molecular formula is C27H35N5O8S2. The van der Waals surface area contributed by atoms with Gasteiger partial charge < -0.3 is 34.2 Å². The Morgan fingerprint density at radius 3 is 2.62 bits per heavy atom. The number of ether oxygens (including phenoxy) is 2. The number of sulfonamides is 1. The lowest BCUT2D eigenvalue weighted by Crippen LogP contribution is -2.38. The summed E-state index contributed by atoms with van der Waals surface area (Å²) in [6.07, 6.45) is -1.10. The number of imidazole rings is 1. The van der Waals surface area contributed by atoms with E-state index >= 15 is 0 Å². The number of likely N-dealkylation sites (N-methyl/N-ethyl adjacent to an activating group) is 1. The first-order chi connectivity index (χ1) is 19.9. The number of carbonyl (C=O) groups excluding carboxylic acids is 2. The average molecular weight is 622 g/mol. The van der Waals surface area contributed by atoms with Crippen molar-refractivity contribution in [3.8, 4) is 5.75 Å². The van der Waals surface area contributed by atoms with Crippen LogP contribution in [0.1, 0.15) is 13.3 Å². The van der Waals surface area contributed by atoms with E-state index in [1.54, 1.807) is 33.0 Å². The Morgan fingerprint density at radius 2 is 1.95 bits per heavy atom. The number of hydrogen-bond acceptors (Lipinski definition) is 10. The minimum absolute atomic E-state index is 0.0874. The molecule has 0 aliphatic heterocycles. The molecular weight excluding hydrogens is 586 g/mol. The highest BCUT2D eigenvalue weighted by Gasteiger charge is 2.27. The molecule has 228 valence electrons. The number of amides is 1. The molecule has 0 aliphatic rings. The number of aliphatic carboxylic acids is 1. The number of aromatic nitrogens is 2. The van der Waals surface area contributed by atoms with Crippen molar-refractivity contribution in [1.82, 2.24) is 19.2 Å². The Kier molecular flexibility index (Phi) is 11.9. The monoisotopic (exact) mass is 621 g/mol. The SMILES string of the molecule is COCCSc1nc2ccccc2n1C[C@@H](C)Oc1cc(NC(=O)CN(C)C)ccc1S(=O)(=O)NC(C=O)CC(=O)O.